The molecule has 1 heterocycles. The lowest BCUT2D eigenvalue weighted by Crippen LogP contribution is -2.35. The molecule has 0 fully saturated rings. The van der Waals surface area contributed by atoms with E-state index < -0.39 is 48.0 Å². The summed E-state index contributed by atoms with van der Waals surface area (Å²) >= 11 is 0. The van der Waals surface area contributed by atoms with E-state index in [2.05, 4.69) is 9.97 Å². The molecule has 5 nitrogen and oxygen atoms in total. The Morgan fingerprint density at radius 2 is 1.46 bits per heavy atom. The lowest BCUT2D eigenvalue weighted by molar-refractivity contribution is -0.139. The molecule has 1 aliphatic rings. The summed E-state index contributed by atoms with van der Waals surface area (Å²) in [6, 6.07) is -4.41. The number of nitrogens with zero attached hydrogens (tertiary/aromatic N) is 2. The van der Waals surface area contributed by atoms with Crippen LogP contribution in [0.1, 0.15) is 38.9 Å². The summed E-state index contributed by atoms with van der Waals surface area (Å²) in [6.45, 7) is 1.44. The van der Waals surface area contributed by atoms with E-state index in [1.807, 2.05) is 10.6 Å². The van der Waals surface area contributed by atoms with Crippen molar-refractivity contribution in [2.75, 3.05) is 10.6 Å². The highest BCUT2D eigenvalue weighted by Crippen LogP contribution is 2.32. The van der Waals surface area contributed by atoms with E-state index in [-0.39, 0.29) is 5.82 Å². The fraction of sp³-hybridized carbons (Fsp3) is 0.625. The van der Waals surface area contributed by atoms with Crippen molar-refractivity contribution in [2.45, 2.75) is 63.7 Å². The second kappa shape index (κ2) is 8.10. The molecule has 1 aromatic rings. The van der Waals surface area contributed by atoms with Gasteiger partial charge in [0.25, 0.3) is 0 Å². The fourth-order valence-corrected chi connectivity index (χ4v) is 2.44. The SMILES string of the molecule is C[C@@H](Nc1nc(C2=CC(O)CCC2)nc(N[C@H](C)C(F)(F)F)c1F)C(F)(F)F. The number of halogens is 7. The van der Waals surface area contributed by atoms with Crippen molar-refractivity contribution in [2.24, 2.45) is 0 Å². The Hall–Kier alpha value is -2.11. The quantitative estimate of drug-likeness (QED) is 0.626. The zero-order valence-corrected chi connectivity index (χ0v) is 14.9. The van der Waals surface area contributed by atoms with Crippen LogP contribution in [0.5, 0.6) is 0 Å². The molecule has 0 bridgehead atoms. The van der Waals surface area contributed by atoms with Crippen LogP contribution in [0.3, 0.4) is 0 Å². The number of aliphatic hydroxyl groups excluding tert-OH is 1. The van der Waals surface area contributed by atoms with Crippen molar-refractivity contribution in [3.63, 3.8) is 0 Å². The normalized spacial score (nSPS) is 20.4. The van der Waals surface area contributed by atoms with E-state index in [9.17, 15) is 35.8 Å². The number of hydrogen-bond donors (Lipinski definition) is 3. The van der Waals surface area contributed by atoms with Gasteiger partial charge < -0.3 is 15.7 Å². The first-order valence-corrected chi connectivity index (χ1v) is 8.42. The Morgan fingerprint density at radius 1 is 1.00 bits per heavy atom. The molecule has 158 valence electrons. The van der Waals surface area contributed by atoms with Crippen LogP contribution >= 0.6 is 0 Å². The Labute approximate surface area is 156 Å². The van der Waals surface area contributed by atoms with Gasteiger partial charge in [0, 0.05) is 0 Å². The molecule has 0 saturated carbocycles. The van der Waals surface area contributed by atoms with Gasteiger partial charge in [0.2, 0.25) is 5.82 Å². The standard InChI is InChI=1S/C16H19F7N4O/c1-7(15(18,19)20)24-13-11(17)14(25-8(2)16(21,22)23)27-12(26-13)9-4-3-5-10(28)6-9/h6-8,10,28H,3-5H2,1-2H3,(H2,24,25,26,27)/t7-,8-,10?/m1/s1. The predicted octanol–water partition coefficient (Wildman–Crippen LogP) is 4.27. The number of nitrogens with one attached hydrogen (secondary N) is 2. The van der Waals surface area contributed by atoms with Gasteiger partial charge in [-0.2, -0.15) is 30.7 Å². The van der Waals surface area contributed by atoms with Gasteiger partial charge in [0.15, 0.2) is 17.5 Å². The maximum atomic E-state index is 14.5. The molecular weight excluding hydrogens is 397 g/mol. The minimum absolute atomic E-state index is 0.256. The minimum atomic E-state index is -4.73. The van der Waals surface area contributed by atoms with Gasteiger partial charge >= 0.3 is 12.4 Å². The van der Waals surface area contributed by atoms with Gasteiger partial charge in [-0.3, -0.25) is 0 Å². The Balaban J connectivity index is 2.48. The minimum Gasteiger partial charge on any atom is -0.389 e. The molecule has 1 unspecified atom stereocenters. The van der Waals surface area contributed by atoms with E-state index in [0.29, 0.717) is 24.8 Å². The molecule has 3 atom stereocenters. The van der Waals surface area contributed by atoms with E-state index in [4.69, 9.17) is 0 Å². The van der Waals surface area contributed by atoms with Gasteiger partial charge in [-0.05, 0) is 44.8 Å². The molecule has 0 radical (unpaired) electrons. The summed E-state index contributed by atoms with van der Waals surface area (Å²) in [5, 5.41) is 13.4. The molecule has 0 aliphatic heterocycles. The topological polar surface area (TPSA) is 70.1 Å². The zero-order valence-electron chi connectivity index (χ0n) is 14.9. The highest BCUT2D eigenvalue weighted by molar-refractivity contribution is 5.65. The van der Waals surface area contributed by atoms with Crippen LogP contribution in [0, 0.1) is 5.82 Å². The van der Waals surface area contributed by atoms with Gasteiger partial charge in [-0.1, -0.05) is 0 Å². The molecule has 0 aromatic carbocycles. The van der Waals surface area contributed by atoms with Gasteiger partial charge in [-0.25, -0.2) is 9.97 Å². The predicted molar refractivity (Wildman–Crippen MR) is 88.1 cm³/mol. The second-order valence-electron chi connectivity index (χ2n) is 6.53. The summed E-state index contributed by atoms with van der Waals surface area (Å²) in [7, 11) is 0. The Morgan fingerprint density at radius 3 is 1.86 bits per heavy atom. The summed E-state index contributed by atoms with van der Waals surface area (Å²) in [6.07, 6.45) is -7.67. The average molecular weight is 416 g/mol. The van der Waals surface area contributed by atoms with E-state index in [1.54, 1.807) is 0 Å². The number of anilines is 2. The molecule has 12 heteroatoms. The van der Waals surface area contributed by atoms with Gasteiger partial charge in [-0.15, -0.1) is 0 Å². The monoisotopic (exact) mass is 416 g/mol. The highest BCUT2D eigenvalue weighted by Gasteiger charge is 2.39. The van der Waals surface area contributed by atoms with Crippen LogP contribution in [0.15, 0.2) is 6.08 Å². The molecule has 3 N–H and O–H groups in total. The Bertz CT molecular complexity index is 690. The Kier molecular flexibility index (Phi) is 6.41. The largest absolute Gasteiger partial charge is 0.408 e. The number of aromatic nitrogens is 2. The zero-order chi connectivity index (χ0) is 21.3. The van der Waals surface area contributed by atoms with Crippen molar-refractivity contribution in [3.8, 4) is 0 Å². The second-order valence-corrected chi connectivity index (χ2v) is 6.53. The third kappa shape index (κ3) is 5.46. The molecule has 1 aromatic heterocycles. The maximum Gasteiger partial charge on any atom is 0.408 e. The lowest BCUT2D eigenvalue weighted by atomic mass is 9.97. The molecule has 2 rings (SSSR count). The third-order valence-corrected chi connectivity index (χ3v) is 4.17. The molecule has 0 amide bonds. The number of alkyl halides is 6. The molecule has 28 heavy (non-hydrogen) atoms. The van der Waals surface area contributed by atoms with Gasteiger partial charge in [0.05, 0.1) is 6.10 Å². The molecule has 1 aliphatic carbocycles. The molecule has 0 saturated heterocycles. The van der Waals surface area contributed by atoms with Crippen LogP contribution < -0.4 is 10.6 Å². The summed E-state index contributed by atoms with van der Waals surface area (Å²) in [5.74, 6) is -3.48. The van der Waals surface area contributed by atoms with Crippen LogP contribution in [0.2, 0.25) is 0 Å². The van der Waals surface area contributed by atoms with E-state index >= 15 is 0 Å². The number of aliphatic hydroxyl groups is 1. The smallest absolute Gasteiger partial charge is 0.389 e. The summed E-state index contributed by atoms with van der Waals surface area (Å²) in [4.78, 5) is 7.43. The number of hydrogen-bond acceptors (Lipinski definition) is 5. The first-order chi connectivity index (χ1) is 12.8. The number of allylic oxidation sites excluding steroid dienone is 1. The van der Waals surface area contributed by atoms with E-state index in [0.717, 1.165) is 13.8 Å². The lowest BCUT2D eigenvalue weighted by Gasteiger charge is -2.23. The average Bonchev–Trinajstić information content (AvgIpc) is 2.56. The van der Waals surface area contributed by atoms with Gasteiger partial charge in [0.1, 0.15) is 12.1 Å². The van der Waals surface area contributed by atoms with E-state index in [1.165, 1.54) is 6.08 Å². The van der Waals surface area contributed by atoms with Crippen LogP contribution in [0.4, 0.5) is 42.4 Å². The van der Waals surface area contributed by atoms with Crippen molar-refractivity contribution < 1.29 is 35.8 Å². The molecule has 0 spiro atoms. The van der Waals surface area contributed by atoms with Crippen molar-refractivity contribution in [1.29, 1.82) is 0 Å². The summed E-state index contributed by atoms with van der Waals surface area (Å²) in [5.41, 5.74) is 0.309. The third-order valence-electron chi connectivity index (χ3n) is 4.17. The van der Waals surface area contributed by atoms with Crippen molar-refractivity contribution in [3.05, 3.63) is 17.7 Å². The first-order valence-electron chi connectivity index (χ1n) is 8.42. The van der Waals surface area contributed by atoms with Crippen LogP contribution in [0.25, 0.3) is 5.57 Å². The van der Waals surface area contributed by atoms with Crippen LogP contribution in [-0.2, 0) is 0 Å². The van der Waals surface area contributed by atoms with Crippen molar-refractivity contribution >= 4 is 17.2 Å². The van der Waals surface area contributed by atoms with Crippen LogP contribution in [-0.4, -0.2) is 45.6 Å². The summed E-state index contributed by atoms with van der Waals surface area (Å²) < 4.78 is 91.4. The first kappa shape index (κ1) is 22.2. The maximum absolute atomic E-state index is 14.5. The molecular formula is C16H19F7N4O. The highest BCUT2D eigenvalue weighted by atomic mass is 19.4. The number of rotatable bonds is 5. The van der Waals surface area contributed by atoms with Crippen molar-refractivity contribution in [1.82, 2.24) is 9.97 Å². The fourth-order valence-electron chi connectivity index (χ4n) is 2.44.